The zero-order valence-corrected chi connectivity index (χ0v) is 31.3. The molecular weight excluding hydrogens is 691 g/mol. The molecular formula is C31H59N9O8S2. The molecule has 0 aromatic rings. The molecule has 0 aliphatic carbocycles. The minimum Gasteiger partial charge on any atom is -0.480 e. The quantitative estimate of drug-likeness (QED) is 0.0320. The van der Waals surface area contributed by atoms with Crippen molar-refractivity contribution >= 4 is 65.8 Å². The van der Waals surface area contributed by atoms with E-state index in [0.29, 0.717) is 50.9 Å². The number of thioether (sulfide) groups is 1. The Balaban J connectivity index is 5.42. The molecule has 0 saturated carbocycles. The lowest BCUT2D eigenvalue weighted by molar-refractivity contribution is -0.142. The van der Waals surface area contributed by atoms with Crippen LogP contribution in [0.25, 0.3) is 0 Å². The van der Waals surface area contributed by atoms with Crippen LogP contribution >= 0.6 is 24.4 Å². The summed E-state index contributed by atoms with van der Waals surface area (Å²) >= 11 is 5.57. The van der Waals surface area contributed by atoms with Gasteiger partial charge in [-0.15, -0.1) is 0 Å². The second-order valence-corrected chi connectivity index (χ2v) is 13.4. The predicted molar refractivity (Wildman–Crippen MR) is 196 cm³/mol. The molecule has 0 aliphatic rings. The van der Waals surface area contributed by atoms with E-state index in [1.807, 2.05) is 20.1 Å². The number of nitrogens with one attached hydrogen (secondary N) is 6. The summed E-state index contributed by atoms with van der Waals surface area (Å²) in [6, 6.07) is -6.29. The molecule has 0 heterocycles. The van der Waals surface area contributed by atoms with E-state index in [4.69, 9.17) is 17.2 Å². The van der Waals surface area contributed by atoms with Crippen molar-refractivity contribution in [3.63, 3.8) is 0 Å². The van der Waals surface area contributed by atoms with Crippen molar-refractivity contribution in [2.24, 2.45) is 23.1 Å². The highest BCUT2D eigenvalue weighted by molar-refractivity contribution is 7.98. The zero-order valence-electron chi connectivity index (χ0n) is 29.6. The Bertz CT molecular complexity index is 1100. The van der Waals surface area contributed by atoms with Crippen LogP contribution in [0.3, 0.4) is 0 Å². The lowest BCUT2D eigenvalue weighted by Crippen LogP contribution is -2.58. The molecule has 13 N–H and O–H groups in total. The fraction of sp³-hybridized carbons (Fsp3) is 0.774. The van der Waals surface area contributed by atoms with Crippen molar-refractivity contribution in [2.75, 3.05) is 37.4 Å². The van der Waals surface area contributed by atoms with Crippen LogP contribution in [-0.2, 0) is 33.6 Å². The van der Waals surface area contributed by atoms with E-state index in [-0.39, 0.29) is 30.9 Å². The molecule has 0 bridgehead atoms. The maximum Gasteiger partial charge on any atom is 0.326 e. The highest BCUT2D eigenvalue weighted by Crippen LogP contribution is 2.07. The number of aliphatic carboxylic acids is 1. The van der Waals surface area contributed by atoms with E-state index in [9.17, 15) is 38.7 Å². The molecule has 288 valence electrons. The van der Waals surface area contributed by atoms with Crippen molar-refractivity contribution in [3.8, 4) is 0 Å². The highest BCUT2D eigenvalue weighted by atomic mass is 32.2. The van der Waals surface area contributed by atoms with Gasteiger partial charge in [-0.2, -0.15) is 24.4 Å². The van der Waals surface area contributed by atoms with Crippen LogP contribution < -0.4 is 49.1 Å². The number of carboxylic acid groups (broad SMARTS) is 1. The molecule has 50 heavy (non-hydrogen) atoms. The van der Waals surface area contributed by atoms with Gasteiger partial charge >= 0.3 is 5.97 Å². The van der Waals surface area contributed by atoms with Crippen molar-refractivity contribution in [2.45, 2.75) is 108 Å². The van der Waals surface area contributed by atoms with E-state index in [1.54, 1.807) is 0 Å². The zero-order chi connectivity index (χ0) is 38.2. The fourth-order valence-electron chi connectivity index (χ4n) is 4.48. The Morgan fingerprint density at radius 1 is 0.700 bits per heavy atom. The third kappa shape index (κ3) is 18.7. The number of carboxylic acids is 1. The number of rotatable bonds is 27. The minimum absolute atomic E-state index is 0.0555. The number of amides is 6. The van der Waals surface area contributed by atoms with Gasteiger partial charge in [0, 0.05) is 5.75 Å². The number of unbranched alkanes of at least 4 members (excludes halogenated alkanes) is 2. The molecule has 0 spiro atoms. The normalized spacial score (nSPS) is 15.2. The molecule has 0 aromatic carbocycles. The van der Waals surface area contributed by atoms with E-state index >= 15 is 0 Å². The van der Waals surface area contributed by atoms with Crippen LogP contribution in [0.2, 0.25) is 0 Å². The SMILES string of the molecule is CC[C@H](C)[C@H](N)C(=O)N[C@@H](CS)C(=O)N[C@@H](C)C(=O)N[C@@H](CCCCN)C(=O)NCC(=O)N[C@@H](CCSC)C(=O)N[C@@H](CCCCN)C(=O)O. The molecule has 0 unspecified atom stereocenters. The maximum absolute atomic E-state index is 13.1. The first-order chi connectivity index (χ1) is 23.7. The third-order valence-electron chi connectivity index (χ3n) is 7.95. The molecule has 6 amide bonds. The smallest absolute Gasteiger partial charge is 0.326 e. The van der Waals surface area contributed by atoms with E-state index in [1.165, 1.54) is 18.7 Å². The van der Waals surface area contributed by atoms with E-state index in [2.05, 4.69) is 44.5 Å². The number of carbonyl (C=O) groups is 7. The molecule has 0 aliphatic heterocycles. The molecule has 19 heteroatoms. The Morgan fingerprint density at radius 3 is 1.74 bits per heavy atom. The van der Waals surface area contributed by atoms with Crippen LogP contribution in [0.4, 0.5) is 0 Å². The van der Waals surface area contributed by atoms with Gasteiger partial charge in [-0.1, -0.05) is 20.3 Å². The molecule has 0 saturated heterocycles. The average molecular weight is 750 g/mol. The summed E-state index contributed by atoms with van der Waals surface area (Å²) in [6.07, 6.45) is 5.17. The van der Waals surface area contributed by atoms with Gasteiger partial charge in [0.1, 0.15) is 30.2 Å². The number of thiol groups is 1. The average Bonchev–Trinajstić information content (AvgIpc) is 3.09. The highest BCUT2D eigenvalue weighted by Gasteiger charge is 2.30. The second kappa shape index (κ2) is 26.6. The van der Waals surface area contributed by atoms with Crippen molar-refractivity contribution in [3.05, 3.63) is 0 Å². The summed E-state index contributed by atoms with van der Waals surface area (Å²) < 4.78 is 0. The van der Waals surface area contributed by atoms with Gasteiger partial charge < -0.3 is 54.2 Å². The van der Waals surface area contributed by atoms with Crippen LogP contribution in [-0.4, -0.2) is 120 Å². The van der Waals surface area contributed by atoms with Gasteiger partial charge in [-0.05, 0) is 82.9 Å². The molecule has 0 fully saturated rings. The van der Waals surface area contributed by atoms with Crippen LogP contribution in [0.1, 0.15) is 72.1 Å². The molecule has 17 nitrogen and oxygen atoms in total. The molecule has 7 atom stereocenters. The van der Waals surface area contributed by atoms with Gasteiger partial charge in [-0.25, -0.2) is 4.79 Å². The molecule has 0 aromatic heterocycles. The standard InChI is InChI=1S/C31H59N9O8S2/c1-5-18(2)25(34)30(46)40-23(17-49)29(45)36-19(3)26(42)38-20(10-6-8-13-32)27(43)35-16-24(41)37-21(12-15-50-4)28(44)39-22(31(47)48)11-7-9-14-33/h18-23,25,49H,5-17,32-34H2,1-4H3,(H,35,43)(H,36,45)(H,37,41)(H,38,42)(H,39,44)(H,40,46)(H,47,48)/t18-,19-,20-,21-,22-,23-,25-/m0/s1. The number of carbonyl (C=O) groups excluding carboxylic acids is 6. The Hall–Kier alpha value is -3.13. The van der Waals surface area contributed by atoms with Crippen molar-refractivity contribution in [1.29, 1.82) is 0 Å². The number of hydrogen-bond donors (Lipinski definition) is 11. The summed E-state index contributed by atoms with van der Waals surface area (Å²) in [5, 5.41) is 24.6. The summed E-state index contributed by atoms with van der Waals surface area (Å²) in [7, 11) is 0. The summed E-state index contributed by atoms with van der Waals surface area (Å²) in [6.45, 7) is 5.31. The second-order valence-electron chi connectivity index (χ2n) is 12.0. The summed E-state index contributed by atoms with van der Waals surface area (Å²) in [5.41, 5.74) is 17.0. The number of nitrogens with two attached hydrogens (primary N) is 3. The first-order valence-corrected chi connectivity index (χ1v) is 19.0. The van der Waals surface area contributed by atoms with Crippen LogP contribution in [0.15, 0.2) is 0 Å². The van der Waals surface area contributed by atoms with E-state index < -0.39 is 84.2 Å². The van der Waals surface area contributed by atoms with Gasteiger partial charge in [-0.3, -0.25) is 28.8 Å². The monoisotopic (exact) mass is 749 g/mol. The molecule has 0 rings (SSSR count). The Morgan fingerprint density at radius 2 is 1.22 bits per heavy atom. The van der Waals surface area contributed by atoms with Crippen molar-refractivity contribution in [1.82, 2.24) is 31.9 Å². The summed E-state index contributed by atoms with van der Waals surface area (Å²) in [5.74, 6) is -4.81. The van der Waals surface area contributed by atoms with Crippen molar-refractivity contribution < 1.29 is 38.7 Å². The number of hydrogen-bond acceptors (Lipinski definition) is 12. The first kappa shape index (κ1) is 46.9. The van der Waals surface area contributed by atoms with Crippen LogP contribution in [0, 0.1) is 5.92 Å². The predicted octanol–water partition coefficient (Wildman–Crippen LogP) is -2.05. The Kier molecular flexibility index (Phi) is 25.0. The van der Waals surface area contributed by atoms with E-state index in [0.717, 1.165) is 0 Å². The van der Waals surface area contributed by atoms with Crippen LogP contribution in [0.5, 0.6) is 0 Å². The first-order valence-electron chi connectivity index (χ1n) is 16.9. The lowest BCUT2D eigenvalue weighted by Gasteiger charge is -2.24. The van der Waals surface area contributed by atoms with Gasteiger partial charge in [0.05, 0.1) is 12.6 Å². The Labute approximate surface area is 304 Å². The largest absolute Gasteiger partial charge is 0.480 e. The van der Waals surface area contributed by atoms with Gasteiger partial charge in [0.25, 0.3) is 0 Å². The fourth-order valence-corrected chi connectivity index (χ4v) is 5.20. The van der Waals surface area contributed by atoms with Gasteiger partial charge in [0.15, 0.2) is 0 Å². The lowest BCUT2D eigenvalue weighted by atomic mass is 9.99. The third-order valence-corrected chi connectivity index (χ3v) is 8.96. The summed E-state index contributed by atoms with van der Waals surface area (Å²) in [4.78, 5) is 88.9. The maximum atomic E-state index is 13.1. The topological polar surface area (TPSA) is 290 Å². The minimum atomic E-state index is -1.20. The van der Waals surface area contributed by atoms with Gasteiger partial charge in [0.2, 0.25) is 35.4 Å². The molecule has 0 radical (unpaired) electrons.